The predicted octanol–water partition coefficient (Wildman–Crippen LogP) is 9.42. The summed E-state index contributed by atoms with van der Waals surface area (Å²) in [5.41, 5.74) is 33.2. The number of halogens is 4. The third-order valence-corrected chi connectivity index (χ3v) is 6.83. The van der Waals surface area contributed by atoms with Gasteiger partial charge < -0.3 is 38.1 Å². The molecule has 0 saturated carbocycles. The zero-order valence-electron chi connectivity index (χ0n) is 25.3. The number of nitrogens with two attached hydrogens (primary N) is 5. The molecule has 46 heavy (non-hydrogen) atoms. The second-order valence-corrected chi connectivity index (χ2v) is 10.6. The molecule has 5 aromatic carbocycles. The number of para-hydroxylation sites is 1. The van der Waals surface area contributed by atoms with Gasteiger partial charge in [-0.2, -0.15) is 0 Å². The van der Waals surface area contributed by atoms with Gasteiger partial charge in [-0.05, 0) is 110 Å². The van der Waals surface area contributed by atoms with Gasteiger partial charge in [0.2, 0.25) is 0 Å². The zero-order chi connectivity index (χ0) is 31.7. The minimum Gasteiger partial charge on any atom is -0.494 e. The quantitative estimate of drug-likeness (QED) is 0.0758. The molecule has 7 nitrogen and oxygen atoms in total. The molecule has 5 rings (SSSR count). The van der Waals surface area contributed by atoms with Crippen LogP contribution in [-0.4, -0.2) is 13.2 Å². The maximum absolute atomic E-state index is 6.10. The van der Waals surface area contributed by atoms with Gasteiger partial charge in [0, 0.05) is 28.3 Å². The molecule has 0 amide bonds. The van der Waals surface area contributed by atoms with Crippen molar-refractivity contribution in [3.05, 3.63) is 125 Å². The van der Waals surface area contributed by atoms with E-state index >= 15 is 0 Å². The zero-order valence-corrected chi connectivity index (χ0v) is 28.4. The van der Waals surface area contributed by atoms with Crippen LogP contribution in [-0.2, 0) is 0 Å². The van der Waals surface area contributed by atoms with Crippen molar-refractivity contribution < 1.29 is 9.47 Å². The molecule has 0 aromatic heterocycles. The Balaban J connectivity index is 0.000000374. The molecular formula is C35H41Cl4N5O2. The maximum atomic E-state index is 6.10. The normalized spacial score (nSPS) is 9.61. The molecule has 0 fully saturated rings. The van der Waals surface area contributed by atoms with Crippen LogP contribution >= 0.6 is 48.0 Å². The fraction of sp³-hybridized carbons (Fsp3) is 0.143. The van der Waals surface area contributed by atoms with Crippen LogP contribution in [0.3, 0.4) is 0 Å². The van der Waals surface area contributed by atoms with Gasteiger partial charge >= 0.3 is 0 Å². The van der Waals surface area contributed by atoms with Crippen molar-refractivity contribution in [1.29, 1.82) is 0 Å². The van der Waals surface area contributed by atoms with Crippen molar-refractivity contribution in [2.45, 2.75) is 19.3 Å². The van der Waals surface area contributed by atoms with Crippen LogP contribution < -0.4 is 38.1 Å². The third kappa shape index (κ3) is 14.8. The van der Waals surface area contributed by atoms with Gasteiger partial charge in [-0.25, -0.2) is 0 Å². The molecule has 5 aromatic rings. The summed E-state index contributed by atoms with van der Waals surface area (Å²) in [7, 11) is 0. The summed E-state index contributed by atoms with van der Waals surface area (Å²) >= 11 is 12.1. The van der Waals surface area contributed by atoms with E-state index in [-0.39, 0.29) is 24.8 Å². The first-order valence-corrected chi connectivity index (χ1v) is 14.8. The molecule has 0 bridgehead atoms. The summed E-state index contributed by atoms with van der Waals surface area (Å²) < 4.78 is 11.3. The van der Waals surface area contributed by atoms with E-state index in [2.05, 4.69) is 0 Å². The van der Waals surface area contributed by atoms with Crippen molar-refractivity contribution in [1.82, 2.24) is 0 Å². The summed E-state index contributed by atoms with van der Waals surface area (Å²) in [5.74, 6) is 1.73. The molecule has 246 valence electrons. The van der Waals surface area contributed by atoms with Crippen molar-refractivity contribution >= 4 is 76.5 Å². The molecule has 0 aliphatic rings. The van der Waals surface area contributed by atoms with E-state index in [1.54, 1.807) is 24.3 Å². The number of ether oxygens (including phenoxy) is 2. The molecule has 0 spiro atoms. The Morgan fingerprint density at radius 1 is 0.457 bits per heavy atom. The number of hydrogen-bond acceptors (Lipinski definition) is 7. The highest BCUT2D eigenvalue weighted by atomic mass is 35.5. The lowest BCUT2D eigenvalue weighted by Crippen LogP contribution is -2.01. The maximum Gasteiger partial charge on any atom is 0.119 e. The summed E-state index contributed by atoms with van der Waals surface area (Å²) in [6.07, 6.45) is 3.09. The van der Waals surface area contributed by atoms with E-state index < -0.39 is 0 Å². The lowest BCUT2D eigenvalue weighted by Gasteiger charge is -2.08. The second-order valence-electron chi connectivity index (χ2n) is 9.78. The molecule has 11 heteroatoms. The first kappa shape index (κ1) is 39.9. The highest BCUT2D eigenvalue weighted by Gasteiger charge is 2.06. The molecule has 0 aliphatic heterocycles. The molecule has 0 aliphatic carbocycles. The average molecular weight is 706 g/mol. The number of hydrogen-bond donors (Lipinski definition) is 5. The molecular weight excluding hydrogens is 664 g/mol. The van der Waals surface area contributed by atoms with Crippen molar-refractivity contribution in [3.63, 3.8) is 0 Å². The molecule has 10 N–H and O–H groups in total. The van der Waals surface area contributed by atoms with Crippen LogP contribution in [0.2, 0.25) is 10.0 Å². The first-order valence-electron chi connectivity index (χ1n) is 14.1. The summed E-state index contributed by atoms with van der Waals surface area (Å²) in [4.78, 5) is 0. The van der Waals surface area contributed by atoms with Crippen molar-refractivity contribution in [2.24, 2.45) is 0 Å². The standard InChI is InChI=1S/C17H22N2O2.C12H10Cl2N2.C6H7N.2ClH/c18-14-4-8-16(9-5-14)20-12-2-1-3-13-21-17-10-6-15(19)7-11-17;13-10-6-8(15)2-3-9(10)7-1-4-12(16)11(14)5-7;7-6-4-2-1-3-5-6;;/h4-11H,1-3,12-13,18-19H2;1-6H,15-16H2;1-5H,7H2;2*1H. The monoisotopic (exact) mass is 703 g/mol. The molecule has 0 radical (unpaired) electrons. The molecule has 0 unspecified atom stereocenters. The second kappa shape index (κ2) is 21.6. The minimum atomic E-state index is 0. The average Bonchev–Trinajstić information content (AvgIpc) is 3.01. The van der Waals surface area contributed by atoms with Crippen LogP contribution in [0.4, 0.5) is 28.4 Å². The number of benzene rings is 5. The fourth-order valence-electron chi connectivity index (χ4n) is 3.80. The van der Waals surface area contributed by atoms with E-state index in [0.717, 1.165) is 59.0 Å². The molecule has 0 saturated heterocycles. The Labute approximate surface area is 293 Å². The fourth-order valence-corrected chi connectivity index (χ4v) is 4.28. The van der Waals surface area contributed by atoms with Gasteiger partial charge in [0.25, 0.3) is 0 Å². The van der Waals surface area contributed by atoms with Gasteiger partial charge in [0.05, 0.1) is 28.9 Å². The van der Waals surface area contributed by atoms with E-state index in [1.807, 2.05) is 91.0 Å². The number of nitrogen functional groups attached to an aromatic ring is 5. The van der Waals surface area contributed by atoms with E-state index in [1.165, 1.54) is 0 Å². The van der Waals surface area contributed by atoms with Crippen LogP contribution in [0.15, 0.2) is 115 Å². The van der Waals surface area contributed by atoms with Gasteiger partial charge in [0.1, 0.15) is 11.5 Å². The van der Waals surface area contributed by atoms with E-state index in [4.69, 9.17) is 61.3 Å². The van der Waals surface area contributed by atoms with Crippen molar-refractivity contribution in [3.8, 4) is 22.6 Å². The molecule has 0 heterocycles. The Morgan fingerprint density at radius 2 is 0.935 bits per heavy atom. The van der Waals surface area contributed by atoms with Gasteiger partial charge in [-0.3, -0.25) is 0 Å². The Kier molecular flexibility index (Phi) is 18.7. The Bertz CT molecular complexity index is 1510. The van der Waals surface area contributed by atoms with E-state index in [9.17, 15) is 0 Å². The predicted molar refractivity (Wildman–Crippen MR) is 203 cm³/mol. The summed E-state index contributed by atoms with van der Waals surface area (Å²) in [6, 6.07) is 35.2. The van der Waals surface area contributed by atoms with Gasteiger partial charge in [0.15, 0.2) is 0 Å². The minimum absolute atomic E-state index is 0. The highest BCUT2D eigenvalue weighted by molar-refractivity contribution is 6.34. The summed E-state index contributed by atoms with van der Waals surface area (Å²) in [5, 5.41) is 1.12. The topological polar surface area (TPSA) is 149 Å². The Hall–Kier alpha value is -4.14. The Morgan fingerprint density at radius 3 is 1.37 bits per heavy atom. The largest absolute Gasteiger partial charge is 0.494 e. The van der Waals surface area contributed by atoms with Crippen LogP contribution in [0.25, 0.3) is 11.1 Å². The van der Waals surface area contributed by atoms with Crippen LogP contribution in [0.1, 0.15) is 19.3 Å². The SMILES string of the molecule is Cl.Cl.Nc1ccc(-c2ccc(N)c(Cl)c2)c(Cl)c1.Nc1ccc(OCCCCCOc2ccc(N)cc2)cc1.Nc1ccccc1. The molecule has 0 atom stereocenters. The van der Waals surface area contributed by atoms with Crippen LogP contribution in [0.5, 0.6) is 11.5 Å². The summed E-state index contributed by atoms with van der Waals surface area (Å²) in [6.45, 7) is 1.43. The van der Waals surface area contributed by atoms with Crippen LogP contribution in [0, 0.1) is 0 Å². The lowest BCUT2D eigenvalue weighted by atomic mass is 10.0. The number of unbranched alkanes of at least 4 members (excludes halogenated alkanes) is 2. The first-order chi connectivity index (χ1) is 21.2. The van der Waals surface area contributed by atoms with Gasteiger partial charge in [-0.15, -0.1) is 24.8 Å². The third-order valence-electron chi connectivity index (χ3n) is 6.19. The number of rotatable bonds is 9. The van der Waals surface area contributed by atoms with Crippen molar-refractivity contribution in [2.75, 3.05) is 41.9 Å². The van der Waals surface area contributed by atoms with E-state index in [0.29, 0.717) is 34.6 Å². The smallest absolute Gasteiger partial charge is 0.119 e. The highest BCUT2D eigenvalue weighted by Crippen LogP contribution is 2.32. The van der Waals surface area contributed by atoms with Gasteiger partial charge in [-0.1, -0.05) is 53.5 Å². The number of anilines is 5. The lowest BCUT2D eigenvalue weighted by molar-refractivity contribution is 0.279.